The van der Waals surface area contributed by atoms with E-state index in [2.05, 4.69) is 20.5 Å². The number of carbonyl (C=O) groups excluding carboxylic acids is 1. The lowest BCUT2D eigenvalue weighted by atomic mass is 10.1. The number of hydrogen-bond donors (Lipinski definition) is 1. The van der Waals surface area contributed by atoms with E-state index in [1.165, 1.54) is 0 Å². The fourth-order valence-electron chi connectivity index (χ4n) is 3.59. The van der Waals surface area contributed by atoms with Gasteiger partial charge >= 0.3 is 0 Å². The molecule has 4 rings (SSSR count). The van der Waals surface area contributed by atoms with E-state index in [-0.39, 0.29) is 11.9 Å². The first-order valence-corrected chi connectivity index (χ1v) is 9.34. The van der Waals surface area contributed by atoms with Gasteiger partial charge < -0.3 is 14.6 Å². The fraction of sp³-hybridized carbons (Fsp3) is 0.350. The van der Waals surface area contributed by atoms with Crippen molar-refractivity contribution in [3.05, 3.63) is 60.1 Å². The lowest BCUT2D eigenvalue weighted by Gasteiger charge is -2.32. The van der Waals surface area contributed by atoms with Crippen molar-refractivity contribution in [2.24, 2.45) is 0 Å². The first-order valence-electron chi connectivity index (χ1n) is 9.34. The number of para-hydroxylation sites is 1. The molecule has 28 heavy (non-hydrogen) atoms. The molecule has 2 aromatic heterocycles. The maximum absolute atomic E-state index is 12.7. The molecule has 0 aliphatic carbocycles. The van der Waals surface area contributed by atoms with Crippen molar-refractivity contribution >= 4 is 11.7 Å². The average Bonchev–Trinajstić information content (AvgIpc) is 3.41. The van der Waals surface area contributed by atoms with Gasteiger partial charge in [0.2, 0.25) is 0 Å². The van der Waals surface area contributed by atoms with Crippen molar-refractivity contribution in [3.8, 4) is 5.75 Å². The molecule has 3 aromatic rings. The maximum atomic E-state index is 12.7. The number of methoxy groups -OCH3 is 1. The minimum atomic E-state index is -0.206. The Bertz CT molecular complexity index is 914. The lowest BCUT2D eigenvalue weighted by molar-refractivity contribution is 0.102. The number of nitrogens with zero attached hydrogens (tertiary/aromatic N) is 4. The van der Waals surface area contributed by atoms with Gasteiger partial charge in [-0.3, -0.25) is 9.69 Å². The average molecular weight is 381 g/mol. The van der Waals surface area contributed by atoms with Gasteiger partial charge in [0.15, 0.2) is 0 Å². The van der Waals surface area contributed by atoms with Gasteiger partial charge in [0, 0.05) is 31.8 Å². The highest BCUT2D eigenvalue weighted by Crippen LogP contribution is 2.27. The van der Waals surface area contributed by atoms with Crippen LogP contribution in [0.3, 0.4) is 0 Å². The van der Waals surface area contributed by atoms with Crippen LogP contribution < -0.4 is 10.1 Å². The van der Waals surface area contributed by atoms with Crippen LogP contribution in [0.5, 0.6) is 5.75 Å². The molecular formula is C20H23N5O3. The van der Waals surface area contributed by atoms with Gasteiger partial charge in [0.05, 0.1) is 30.6 Å². The Morgan fingerprint density at radius 1 is 1.25 bits per heavy atom. The lowest BCUT2D eigenvalue weighted by Crippen LogP contribution is -2.35. The second kappa shape index (κ2) is 8.26. The highest BCUT2D eigenvalue weighted by atomic mass is 16.5. The minimum Gasteiger partial charge on any atom is -0.496 e. The number of aromatic nitrogens is 3. The van der Waals surface area contributed by atoms with Crippen molar-refractivity contribution in [2.75, 3.05) is 25.5 Å². The van der Waals surface area contributed by atoms with Gasteiger partial charge in [-0.15, -0.1) is 0 Å². The Labute approximate surface area is 163 Å². The largest absolute Gasteiger partial charge is 0.496 e. The molecule has 8 nitrogen and oxygen atoms in total. The summed E-state index contributed by atoms with van der Waals surface area (Å²) in [5.74, 6) is 1.04. The summed E-state index contributed by atoms with van der Waals surface area (Å²) >= 11 is 0. The number of anilines is 1. The van der Waals surface area contributed by atoms with Gasteiger partial charge in [0.25, 0.3) is 5.91 Å². The van der Waals surface area contributed by atoms with E-state index in [4.69, 9.17) is 9.26 Å². The zero-order chi connectivity index (χ0) is 19.3. The number of piperidine rings is 1. The molecule has 1 saturated heterocycles. The van der Waals surface area contributed by atoms with Crippen molar-refractivity contribution in [2.45, 2.75) is 25.4 Å². The van der Waals surface area contributed by atoms with E-state index in [1.54, 1.807) is 31.7 Å². The zero-order valence-electron chi connectivity index (χ0n) is 15.7. The summed E-state index contributed by atoms with van der Waals surface area (Å²) in [6.45, 7) is 2.67. The van der Waals surface area contributed by atoms with E-state index < -0.39 is 0 Å². The molecule has 0 bridgehead atoms. The quantitative estimate of drug-likeness (QED) is 0.707. The summed E-state index contributed by atoms with van der Waals surface area (Å²) in [7, 11) is 1.56. The number of amides is 1. The highest BCUT2D eigenvalue weighted by Gasteiger charge is 2.24. The first kappa shape index (κ1) is 18.2. The van der Waals surface area contributed by atoms with Crippen LogP contribution in [-0.4, -0.2) is 45.9 Å². The van der Waals surface area contributed by atoms with E-state index in [1.807, 2.05) is 28.9 Å². The third-order valence-corrected chi connectivity index (χ3v) is 5.04. The van der Waals surface area contributed by atoms with Crippen molar-refractivity contribution in [1.82, 2.24) is 19.8 Å². The van der Waals surface area contributed by atoms with Crippen LogP contribution in [0, 0.1) is 0 Å². The molecule has 146 valence electrons. The second-order valence-electron chi connectivity index (χ2n) is 6.81. The molecule has 1 aromatic carbocycles. The number of carbonyl (C=O) groups is 1. The van der Waals surface area contributed by atoms with E-state index in [9.17, 15) is 4.79 Å². The molecule has 0 saturated carbocycles. The smallest absolute Gasteiger partial charge is 0.260 e. The van der Waals surface area contributed by atoms with Crippen molar-refractivity contribution in [1.29, 1.82) is 0 Å². The SMILES string of the molecule is COc1ccccc1C(=O)Nc1ccnn1C1CCN(Cc2ccon2)CC1. The van der Waals surface area contributed by atoms with Crippen LogP contribution in [0.4, 0.5) is 5.82 Å². The first-order chi connectivity index (χ1) is 13.7. The molecule has 0 radical (unpaired) electrons. The van der Waals surface area contributed by atoms with Gasteiger partial charge in [-0.05, 0) is 25.0 Å². The van der Waals surface area contributed by atoms with E-state index in [0.29, 0.717) is 17.1 Å². The molecule has 1 fully saturated rings. The van der Waals surface area contributed by atoms with Crippen LogP contribution >= 0.6 is 0 Å². The highest BCUT2D eigenvalue weighted by molar-refractivity contribution is 6.05. The van der Waals surface area contributed by atoms with Crippen LogP contribution in [0.25, 0.3) is 0 Å². The summed E-state index contributed by atoms with van der Waals surface area (Å²) in [5.41, 5.74) is 1.45. The van der Waals surface area contributed by atoms with Crippen LogP contribution in [-0.2, 0) is 6.54 Å². The fourth-order valence-corrected chi connectivity index (χ4v) is 3.59. The van der Waals surface area contributed by atoms with Crippen LogP contribution in [0.15, 0.2) is 53.4 Å². The predicted molar refractivity (Wildman–Crippen MR) is 103 cm³/mol. The molecule has 0 atom stereocenters. The molecule has 1 amide bonds. The third-order valence-electron chi connectivity index (χ3n) is 5.04. The summed E-state index contributed by atoms with van der Waals surface area (Å²) in [6.07, 6.45) is 5.23. The second-order valence-corrected chi connectivity index (χ2v) is 6.81. The Morgan fingerprint density at radius 2 is 2.07 bits per heavy atom. The Hall–Kier alpha value is -3.13. The third kappa shape index (κ3) is 3.91. The summed E-state index contributed by atoms with van der Waals surface area (Å²) in [4.78, 5) is 15.1. The molecule has 0 unspecified atom stereocenters. The molecule has 0 spiro atoms. The van der Waals surface area contributed by atoms with Gasteiger partial charge in [0.1, 0.15) is 17.8 Å². The van der Waals surface area contributed by atoms with Crippen LogP contribution in [0.1, 0.15) is 34.9 Å². The van der Waals surface area contributed by atoms with E-state index in [0.717, 1.165) is 38.2 Å². The number of nitrogens with one attached hydrogen (secondary N) is 1. The topological polar surface area (TPSA) is 85.4 Å². The number of benzene rings is 1. The number of rotatable bonds is 6. The molecule has 1 N–H and O–H groups in total. The zero-order valence-corrected chi connectivity index (χ0v) is 15.7. The number of hydrogen-bond acceptors (Lipinski definition) is 6. The minimum absolute atomic E-state index is 0.206. The molecule has 1 aliphatic rings. The molecule has 8 heteroatoms. The van der Waals surface area contributed by atoms with Gasteiger partial charge in [-0.2, -0.15) is 5.10 Å². The molecule has 3 heterocycles. The van der Waals surface area contributed by atoms with Crippen molar-refractivity contribution < 1.29 is 14.1 Å². The van der Waals surface area contributed by atoms with Gasteiger partial charge in [-0.25, -0.2) is 4.68 Å². The molecular weight excluding hydrogens is 358 g/mol. The van der Waals surface area contributed by atoms with Crippen molar-refractivity contribution in [3.63, 3.8) is 0 Å². The Morgan fingerprint density at radius 3 is 2.82 bits per heavy atom. The Kier molecular flexibility index (Phi) is 5.38. The number of likely N-dealkylation sites (tertiary alicyclic amines) is 1. The van der Waals surface area contributed by atoms with Gasteiger partial charge in [-0.1, -0.05) is 17.3 Å². The predicted octanol–water partition coefficient (Wildman–Crippen LogP) is 2.97. The molecule has 1 aliphatic heterocycles. The summed E-state index contributed by atoms with van der Waals surface area (Å²) in [6, 6.07) is 11.1. The maximum Gasteiger partial charge on any atom is 0.260 e. The number of ether oxygens (including phenoxy) is 1. The standard InChI is InChI=1S/C20H23N5O3/c1-27-18-5-3-2-4-17(18)20(26)22-19-6-10-21-25(19)16-7-11-24(12-8-16)14-15-9-13-28-23-15/h2-6,9-10,13,16H,7-8,11-12,14H2,1H3,(H,22,26). The Balaban J connectivity index is 1.40. The monoisotopic (exact) mass is 381 g/mol. The summed E-state index contributed by atoms with van der Waals surface area (Å²) < 4.78 is 12.1. The van der Waals surface area contributed by atoms with E-state index >= 15 is 0 Å². The summed E-state index contributed by atoms with van der Waals surface area (Å²) in [5, 5.41) is 11.4. The van der Waals surface area contributed by atoms with Crippen LogP contribution in [0.2, 0.25) is 0 Å². The normalized spacial score (nSPS) is 15.5.